The summed E-state index contributed by atoms with van der Waals surface area (Å²) in [6.07, 6.45) is 2.98. The van der Waals surface area contributed by atoms with Gasteiger partial charge in [-0.3, -0.25) is 9.69 Å². The first-order chi connectivity index (χ1) is 13.1. The molecule has 2 rings (SSSR count). The molecule has 1 aromatic carbocycles. The zero-order chi connectivity index (χ0) is 19.6. The molecule has 1 aromatic rings. The normalized spacial score (nSPS) is 17.5. The van der Waals surface area contributed by atoms with Crippen molar-refractivity contribution in [2.75, 3.05) is 39.8 Å². The second-order valence-electron chi connectivity index (χ2n) is 7.59. The second kappa shape index (κ2) is 11.3. The van der Waals surface area contributed by atoms with Crippen molar-refractivity contribution in [1.82, 2.24) is 15.5 Å². The van der Waals surface area contributed by atoms with E-state index >= 15 is 0 Å². The average Bonchev–Trinajstić information content (AvgIpc) is 2.71. The summed E-state index contributed by atoms with van der Waals surface area (Å²) in [6, 6.07) is 8.34. The number of amides is 1. The quantitative estimate of drug-likeness (QED) is 0.659. The lowest BCUT2D eigenvalue weighted by Crippen LogP contribution is -2.39. The summed E-state index contributed by atoms with van der Waals surface area (Å²) in [7, 11) is 1.69. The van der Waals surface area contributed by atoms with Gasteiger partial charge < -0.3 is 15.4 Å². The maximum Gasteiger partial charge on any atom is 0.220 e. The number of carbonyl (C=O) groups is 1. The van der Waals surface area contributed by atoms with Crippen molar-refractivity contribution < 1.29 is 9.53 Å². The average molecular weight is 376 g/mol. The molecule has 1 aliphatic rings. The van der Waals surface area contributed by atoms with Crippen molar-refractivity contribution in [3.63, 3.8) is 0 Å². The third-order valence-electron chi connectivity index (χ3n) is 5.92. The largest absolute Gasteiger partial charge is 0.497 e. The van der Waals surface area contributed by atoms with Crippen molar-refractivity contribution in [3.05, 3.63) is 29.8 Å². The molecule has 0 aliphatic carbocycles. The number of rotatable bonds is 10. The predicted molar refractivity (Wildman–Crippen MR) is 111 cm³/mol. The van der Waals surface area contributed by atoms with Gasteiger partial charge in [0.2, 0.25) is 5.91 Å². The fourth-order valence-corrected chi connectivity index (χ4v) is 4.13. The fraction of sp³-hybridized carbons (Fsp3) is 0.682. The number of nitrogens with one attached hydrogen (secondary N) is 2. The van der Waals surface area contributed by atoms with E-state index < -0.39 is 0 Å². The number of benzene rings is 1. The summed E-state index contributed by atoms with van der Waals surface area (Å²) >= 11 is 0. The van der Waals surface area contributed by atoms with Crippen LogP contribution in [0.4, 0.5) is 0 Å². The molecule has 1 saturated heterocycles. The minimum Gasteiger partial charge on any atom is -0.497 e. The maximum absolute atomic E-state index is 12.6. The SMILES string of the molecule is CCN(CC)C(CNC(=O)CC(C)C1CCNCC1)c1cccc(OC)c1. The van der Waals surface area contributed by atoms with E-state index in [-0.39, 0.29) is 11.9 Å². The highest BCUT2D eigenvalue weighted by atomic mass is 16.5. The van der Waals surface area contributed by atoms with Crippen LogP contribution >= 0.6 is 0 Å². The molecule has 0 bridgehead atoms. The van der Waals surface area contributed by atoms with E-state index in [0.717, 1.165) is 31.9 Å². The van der Waals surface area contributed by atoms with E-state index in [1.54, 1.807) is 7.11 Å². The summed E-state index contributed by atoms with van der Waals surface area (Å²) in [5, 5.41) is 6.60. The number of methoxy groups -OCH3 is 1. The Kier molecular flexibility index (Phi) is 9.08. The van der Waals surface area contributed by atoms with E-state index in [1.807, 2.05) is 12.1 Å². The Hall–Kier alpha value is -1.59. The highest BCUT2D eigenvalue weighted by Crippen LogP contribution is 2.26. The number of hydrogen-bond donors (Lipinski definition) is 2. The van der Waals surface area contributed by atoms with Crippen LogP contribution in [0.15, 0.2) is 24.3 Å². The third kappa shape index (κ3) is 6.51. The number of piperidine rings is 1. The molecule has 2 atom stereocenters. The van der Waals surface area contributed by atoms with Gasteiger partial charge in [-0.1, -0.05) is 32.9 Å². The molecule has 0 aromatic heterocycles. The Labute approximate surface area is 164 Å². The standard InChI is InChI=1S/C22H37N3O2/c1-5-25(6-2)21(19-8-7-9-20(15-19)27-4)16-24-22(26)14-17(3)18-10-12-23-13-11-18/h7-9,15,17-18,21,23H,5-6,10-14,16H2,1-4H3,(H,24,26). The highest BCUT2D eigenvalue weighted by molar-refractivity contribution is 5.76. The van der Waals surface area contributed by atoms with Gasteiger partial charge in [-0.05, 0) is 68.6 Å². The van der Waals surface area contributed by atoms with Crippen molar-refractivity contribution in [1.29, 1.82) is 0 Å². The predicted octanol–water partition coefficient (Wildman–Crippen LogP) is 3.22. The smallest absolute Gasteiger partial charge is 0.220 e. The van der Waals surface area contributed by atoms with Crippen LogP contribution in [0.1, 0.15) is 51.6 Å². The molecule has 27 heavy (non-hydrogen) atoms. The number of likely N-dealkylation sites (N-methyl/N-ethyl adjacent to an activating group) is 1. The van der Waals surface area contributed by atoms with Gasteiger partial charge in [-0.15, -0.1) is 0 Å². The molecule has 0 spiro atoms. The number of carbonyl (C=O) groups excluding carboxylic acids is 1. The van der Waals surface area contributed by atoms with Crippen molar-refractivity contribution in [3.8, 4) is 5.75 Å². The van der Waals surface area contributed by atoms with Gasteiger partial charge in [0.25, 0.3) is 0 Å². The van der Waals surface area contributed by atoms with Crippen LogP contribution < -0.4 is 15.4 Å². The first-order valence-electron chi connectivity index (χ1n) is 10.4. The minimum atomic E-state index is 0.160. The van der Waals surface area contributed by atoms with E-state index in [0.29, 0.717) is 24.8 Å². The topological polar surface area (TPSA) is 53.6 Å². The Morgan fingerprint density at radius 1 is 1.30 bits per heavy atom. The fourth-order valence-electron chi connectivity index (χ4n) is 4.13. The first-order valence-corrected chi connectivity index (χ1v) is 10.4. The van der Waals surface area contributed by atoms with Crippen molar-refractivity contribution >= 4 is 5.91 Å². The summed E-state index contributed by atoms with van der Waals surface area (Å²) in [4.78, 5) is 15.0. The molecule has 2 unspecified atom stereocenters. The van der Waals surface area contributed by atoms with Crippen LogP contribution in [0, 0.1) is 11.8 Å². The van der Waals surface area contributed by atoms with Gasteiger partial charge >= 0.3 is 0 Å². The molecule has 5 nitrogen and oxygen atoms in total. The van der Waals surface area contributed by atoms with E-state index in [4.69, 9.17) is 4.74 Å². The molecular weight excluding hydrogens is 338 g/mol. The molecule has 2 N–H and O–H groups in total. The Bertz CT molecular complexity index is 568. The third-order valence-corrected chi connectivity index (χ3v) is 5.92. The van der Waals surface area contributed by atoms with E-state index in [9.17, 15) is 4.79 Å². The summed E-state index contributed by atoms with van der Waals surface area (Å²) in [5.74, 6) is 2.13. The maximum atomic E-state index is 12.6. The molecule has 5 heteroatoms. The monoisotopic (exact) mass is 375 g/mol. The Morgan fingerprint density at radius 2 is 2.00 bits per heavy atom. The van der Waals surface area contributed by atoms with Crippen molar-refractivity contribution in [2.45, 2.75) is 46.1 Å². The Balaban J connectivity index is 1.96. The van der Waals surface area contributed by atoms with Crippen LogP contribution in [0.5, 0.6) is 5.75 Å². The lowest BCUT2D eigenvalue weighted by Gasteiger charge is -2.31. The first kappa shape index (κ1) is 21.7. The van der Waals surface area contributed by atoms with Crippen molar-refractivity contribution in [2.24, 2.45) is 11.8 Å². The van der Waals surface area contributed by atoms with Gasteiger partial charge in [0.05, 0.1) is 13.2 Å². The number of hydrogen-bond acceptors (Lipinski definition) is 4. The van der Waals surface area contributed by atoms with E-state index in [1.165, 1.54) is 18.4 Å². The van der Waals surface area contributed by atoms with Crippen LogP contribution in [0.25, 0.3) is 0 Å². The number of nitrogens with zero attached hydrogens (tertiary/aromatic N) is 1. The van der Waals surface area contributed by atoms with Gasteiger partial charge in [0.15, 0.2) is 0 Å². The van der Waals surface area contributed by atoms with Crippen LogP contribution in [0.3, 0.4) is 0 Å². The molecule has 0 saturated carbocycles. The molecule has 1 aliphatic heterocycles. The zero-order valence-corrected chi connectivity index (χ0v) is 17.5. The lowest BCUT2D eigenvalue weighted by molar-refractivity contribution is -0.122. The van der Waals surface area contributed by atoms with Gasteiger partial charge in [0, 0.05) is 13.0 Å². The van der Waals surface area contributed by atoms with Crippen LogP contribution in [-0.4, -0.2) is 50.6 Å². The molecule has 0 radical (unpaired) electrons. The molecule has 152 valence electrons. The molecular formula is C22H37N3O2. The highest BCUT2D eigenvalue weighted by Gasteiger charge is 2.23. The van der Waals surface area contributed by atoms with E-state index in [2.05, 4.69) is 48.4 Å². The van der Waals surface area contributed by atoms with Gasteiger partial charge in [0.1, 0.15) is 5.75 Å². The van der Waals surface area contributed by atoms with Gasteiger partial charge in [-0.25, -0.2) is 0 Å². The molecule has 1 fully saturated rings. The summed E-state index contributed by atoms with van der Waals surface area (Å²) in [5.41, 5.74) is 1.18. The molecule has 1 amide bonds. The minimum absolute atomic E-state index is 0.160. The van der Waals surface area contributed by atoms with Crippen LogP contribution in [0.2, 0.25) is 0 Å². The lowest BCUT2D eigenvalue weighted by atomic mass is 9.84. The number of ether oxygens (including phenoxy) is 1. The second-order valence-corrected chi connectivity index (χ2v) is 7.59. The van der Waals surface area contributed by atoms with Crippen LogP contribution in [-0.2, 0) is 4.79 Å². The van der Waals surface area contributed by atoms with Gasteiger partial charge in [-0.2, -0.15) is 0 Å². The zero-order valence-electron chi connectivity index (χ0n) is 17.5. The Morgan fingerprint density at radius 3 is 2.63 bits per heavy atom. The molecule has 1 heterocycles. The summed E-state index contributed by atoms with van der Waals surface area (Å²) in [6.45, 7) is 11.2. The summed E-state index contributed by atoms with van der Waals surface area (Å²) < 4.78 is 5.39.